The van der Waals surface area contributed by atoms with E-state index in [-0.39, 0.29) is 0 Å². The van der Waals surface area contributed by atoms with Gasteiger partial charge in [0.15, 0.2) is 0 Å². The van der Waals surface area contributed by atoms with E-state index < -0.39 is 0 Å². The number of benzene rings is 1. The number of thioether (sulfide) groups is 1. The molecule has 2 heterocycles. The molecule has 118 valence electrons. The van der Waals surface area contributed by atoms with E-state index in [1.807, 2.05) is 12.3 Å². The average molecular weight is 342 g/mol. The molecule has 3 nitrogen and oxygen atoms in total. The van der Waals surface area contributed by atoms with E-state index in [0.717, 1.165) is 46.0 Å². The Morgan fingerprint density at radius 1 is 1.22 bits per heavy atom. The fraction of sp³-hybridized carbons (Fsp3) is 0.333. The van der Waals surface area contributed by atoms with Gasteiger partial charge in [-0.1, -0.05) is 42.5 Å². The molecule has 0 amide bonds. The van der Waals surface area contributed by atoms with Crippen LogP contribution in [0.2, 0.25) is 0 Å². The van der Waals surface area contributed by atoms with Gasteiger partial charge in [0.25, 0.3) is 0 Å². The van der Waals surface area contributed by atoms with Crippen molar-refractivity contribution < 1.29 is 4.42 Å². The summed E-state index contributed by atoms with van der Waals surface area (Å²) < 4.78 is 9.10. The molecule has 3 aromatic rings. The van der Waals surface area contributed by atoms with Crippen molar-refractivity contribution in [3.63, 3.8) is 0 Å². The molecule has 0 bridgehead atoms. The molecule has 23 heavy (non-hydrogen) atoms. The lowest BCUT2D eigenvalue weighted by Crippen LogP contribution is -2.08. The van der Waals surface area contributed by atoms with E-state index in [9.17, 15) is 0 Å². The van der Waals surface area contributed by atoms with Gasteiger partial charge in [0.05, 0.1) is 0 Å². The summed E-state index contributed by atoms with van der Waals surface area (Å²) in [5.41, 5.74) is 4.40. The van der Waals surface area contributed by atoms with Crippen LogP contribution in [0.15, 0.2) is 39.8 Å². The largest absolute Gasteiger partial charge is 0.441 e. The van der Waals surface area contributed by atoms with Crippen molar-refractivity contribution >= 4 is 35.2 Å². The summed E-state index contributed by atoms with van der Waals surface area (Å²) in [4.78, 5) is 4.67. The maximum absolute atomic E-state index is 6.07. The molecule has 0 N–H and O–H groups in total. The van der Waals surface area contributed by atoms with E-state index in [0.29, 0.717) is 0 Å². The number of furan rings is 1. The molecule has 0 aliphatic heterocycles. The molecule has 1 aliphatic rings. The minimum atomic E-state index is 0.741. The molecule has 4 rings (SSSR count). The maximum atomic E-state index is 6.07. The van der Waals surface area contributed by atoms with Crippen molar-refractivity contribution in [1.82, 2.24) is 9.55 Å². The first kappa shape index (κ1) is 15.0. The Morgan fingerprint density at radius 3 is 2.78 bits per heavy atom. The quantitative estimate of drug-likeness (QED) is 0.495. The maximum Gasteiger partial charge on any atom is 0.244 e. The van der Waals surface area contributed by atoms with Gasteiger partial charge in [-0.25, -0.2) is 4.98 Å². The van der Waals surface area contributed by atoms with Crippen LogP contribution in [0.3, 0.4) is 0 Å². The molecular formula is C18H18N2OS2. The van der Waals surface area contributed by atoms with Crippen LogP contribution < -0.4 is 0 Å². The molecular weight excluding hydrogens is 324 g/mol. The molecule has 0 atom stereocenters. The second-order valence-electron chi connectivity index (χ2n) is 5.86. The van der Waals surface area contributed by atoms with E-state index >= 15 is 0 Å². The van der Waals surface area contributed by atoms with Crippen LogP contribution in [0.4, 0.5) is 0 Å². The summed E-state index contributed by atoms with van der Waals surface area (Å²) >= 11 is 7.31. The first-order valence-corrected chi connectivity index (χ1v) is 9.54. The van der Waals surface area contributed by atoms with Crippen LogP contribution in [0.5, 0.6) is 0 Å². The van der Waals surface area contributed by atoms with E-state index in [2.05, 4.69) is 33.8 Å². The highest BCUT2D eigenvalue weighted by atomic mass is 32.2. The summed E-state index contributed by atoms with van der Waals surface area (Å²) in [6.45, 7) is 0.762. The predicted molar refractivity (Wildman–Crippen MR) is 96.8 cm³/mol. The predicted octanol–water partition coefficient (Wildman–Crippen LogP) is 5.01. The lowest BCUT2D eigenvalue weighted by molar-refractivity contribution is 0.498. The third kappa shape index (κ3) is 2.62. The third-order valence-corrected chi connectivity index (χ3v) is 5.62. The Labute approximate surface area is 144 Å². The van der Waals surface area contributed by atoms with Crippen LogP contribution in [-0.4, -0.2) is 15.8 Å². The van der Waals surface area contributed by atoms with Crippen molar-refractivity contribution in [3.8, 4) is 0 Å². The summed E-state index contributed by atoms with van der Waals surface area (Å²) in [6.07, 6.45) is 6.50. The first-order chi connectivity index (χ1) is 11.3. The second kappa shape index (κ2) is 6.13. The van der Waals surface area contributed by atoms with Gasteiger partial charge in [0.1, 0.15) is 20.9 Å². The van der Waals surface area contributed by atoms with Crippen molar-refractivity contribution in [2.75, 3.05) is 6.26 Å². The average Bonchev–Trinajstić information content (AvgIpc) is 2.96. The minimum absolute atomic E-state index is 0.741. The van der Waals surface area contributed by atoms with Gasteiger partial charge in [0, 0.05) is 18.5 Å². The summed E-state index contributed by atoms with van der Waals surface area (Å²) in [5, 5.41) is 0.870. The van der Waals surface area contributed by atoms with Gasteiger partial charge in [-0.2, -0.15) is 0 Å². The van der Waals surface area contributed by atoms with Crippen molar-refractivity contribution in [2.24, 2.45) is 0 Å². The van der Waals surface area contributed by atoms with Crippen LogP contribution in [0.25, 0.3) is 11.2 Å². The zero-order valence-electron chi connectivity index (χ0n) is 13.0. The second-order valence-corrected chi connectivity index (χ2v) is 7.04. The topological polar surface area (TPSA) is 31.0 Å². The van der Waals surface area contributed by atoms with E-state index in [4.69, 9.17) is 16.6 Å². The SMILES string of the molecule is CSc1nc2oc3c(c2n(Cc2ccccc2)c1=S)CCCC3. The normalized spacial score (nSPS) is 14.1. The lowest BCUT2D eigenvalue weighted by atomic mass is 9.98. The molecule has 0 saturated carbocycles. The monoisotopic (exact) mass is 342 g/mol. The number of aryl methyl sites for hydroxylation is 2. The summed E-state index contributed by atoms with van der Waals surface area (Å²) in [7, 11) is 0. The van der Waals surface area contributed by atoms with Crippen molar-refractivity contribution in [1.29, 1.82) is 0 Å². The number of nitrogens with zero attached hydrogens (tertiary/aromatic N) is 2. The molecule has 1 aromatic carbocycles. The van der Waals surface area contributed by atoms with Crippen LogP contribution in [-0.2, 0) is 19.4 Å². The number of fused-ring (bicyclic) bond motifs is 3. The molecule has 5 heteroatoms. The summed E-state index contributed by atoms with van der Waals surface area (Å²) in [6, 6.07) is 10.5. The molecule has 2 aromatic heterocycles. The van der Waals surface area contributed by atoms with Crippen LogP contribution in [0, 0.1) is 4.64 Å². The highest BCUT2D eigenvalue weighted by Crippen LogP contribution is 2.33. The third-order valence-electron chi connectivity index (χ3n) is 4.40. The number of hydrogen-bond acceptors (Lipinski definition) is 4. The highest BCUT2D eigenvalue weighted by molar-refractivity contribution is 7.98. The highest BCUT2D eigenvalue weighted by Gasteiger charge is 2.22. The van der Waals surface area contributed by atoms with Gasteiger partial charge in [-0.05, 0) is 31.1 Å². The zero-order valence-corrected chi connectivity index (χ0v) is 14.7. The number of hydrogen-bond donors (Lipinski definition) is 0. The standard InChI is InChI=1S/C18H18N2OS2/c1-23-17-18(22)20(11-12-7-3-2-4-8-12)15-13-9-5-6-10-14(13)21-16(15)19-17/h2-4,7-8H,5-6,9-11H2,1H3. The smallest absolute Gasteiger partial charge is 0.244 e. The van der Waals surface area contributed by atoms with E-state index in [1.54, 1.807) is 11.8 Å². The van der Waals surface area contributed by atoms with Crippen LogP contribution in [0.1, 0.15) is 29.7 Å². The Balaban J connectivity index is 1.97. The van der Waals surface area contributed by atoms with Crippen molar-refractivity contribution in [2.45, 2.75) is 37.3 Å². The zero-order chi connectivity index (χ0) is 15.8. The van der Waals surface area contributed by atoms with Gasteiger partial charge in [-0.3, -0.25) is 0 Å². The Hall–Kier alpha value is -1.59. The summed E-state index contributed by atoms with van der Waals surface area (Å²) in [5.74, 6) is 1.10. The fourth-order valence-corrected chi connectivity index (χ4v) is 4.21. The molecule has 1 aliphatic carbocycles. The lowest BCUT2D eigenvalue weighted by Gasteiger charge is -2.14. The van der Waals surface area contributed by atoms with Gasteiger partial charge in [0.2, 0.25) is 5.71 Å². The Bertz CT molecular complexity index is 912. The Kier molecular flexibility index (Phi) is 3.99. The first-order valence-electron chi connectivity index (χ1n) is 7.91. The van der Waals surface area contributed by atoms with Crippen LogP contribution >= 0.6 is 24.0 Å². The number of aromatic nitrogens is 2. The van der Waals surface area contributed by atoms with Gasteiger partial charge in [-0.15, -0.1) is 11.8 Å². The van der Waals surface area contributed by atoms with Crippen molar-refractivity contribution in [3.05, 3.63) is 51.9 Å². The molecule has 0 saturated heterocycles. The fourth-order valence-electron chi connectivity index (χ4n) is 3.30. The molecule has 0 unspecified atom stereocenters. The molecule has 0 spiro atoms. The Morgan fingerprint density at radius 2 is 2.00 bits per heavy atom. The van der Waals surface area contributed by atoms with Gasteiger partial charge >= 0.3 is 0 Å². The van der Waals surface area contributed by atoms with Gasteiger partial charge < -0.3 is 8.98 Å². The number of rotatable bonds is 3. The molecule has 0 fully saturated rings. The van der Waals surface area contributed by atoms with E-state index in [1.165, 1.54) is 24.0 Å². The minimum Gasteiger partial charge on any atom is -0.441 e. The molecule has 0 radical (unpaired) electrons.